The fourth-order valence-corrected chi connectivity index (χ4v) is 5.19. The Labute approximate surface area is 204 Å². The molecule has 0 spiro atoms. The van der Waals surface area contributed by atoms with Crippen molar-refractivity contribution in [3.05, 3.63) is 60.3 Å². The fraction of sp³-hybridized carbons (Fsp3) is 0.423. The van der Waals surface area contributed by atoms with Gasteiger partial charge in [-0.2, -0.15) is 0 Å². The second-order valence-corrected chi connectivity index (χ2v) is 8.74. The summed E-state index contributed by atoms with van der Waals surface area (Å²) < 4.78 is 16.0. The summed E-state index contributed by atoms with van der Waals surface area (Å²) in [4.78, 5) is 38.9. The SMILES string of the molecule is C=CCOC(=O)NCCOc1ccc2c(c1)CC[C@H]1C2=C(C(=O)OCC=C)N2C(=O)[C@H]([C@@H](C)O)[C@@H]12. The summed E-state index contributed by atoms with van der Waals surface area (Å²) in [5, 5.41) is 12.8. The predicted octanol–water partition coefficient (Wildman–Crippen LogP) is 2.20. The Hall–Kier alpha value is -3.59. The summed E-state index contributed by atoms with van der Waals surface area (Å²) in [5.74, 6) is -0.761. The van der Waals surface area contributed by atoms with Crippen LogP contribution in [0.15, 0.2) is 49.2 Å². The molecule has 0 saturated carbocycles. The van der Waals surface area contributed by atoms with Gasteiger partial charge in [0.05, 0.1) is 24.6 Å². The number of rotatable bonds is 10. The number of carbonyl (C=O) groups excluding carboxylic acids is 3. The van der Waals surface area contributed by atoms with Crippen LogP contribution in [-0.4, -0.2) is 66.5 Å². The molecule has 0 radical (unpaired) electrons. The van der Waals surface area contributed by atoms with Crippen LogP contribution in [0.4, 0.5) is 4.79 Å². The number of hydrogen-bond acceptors (Lipinski definition) is 7. The first-order chi connectivity index (χ1) is 16.9. The monoisotopic (exact) mass is 482 g/mol. The Balaban J connectivity index is 1.54. The second kappa shape index (κ2) is 10.4. The molecule has 4 atom stereocenters. The van der Waals surface area contributed by atoms with Crippen LogP contribution in [0, 0.1) is 11.8 Å². The van der Waals surface area contributed by atoms with E-state index in [1.165, 1.54) is 17.1 Å². The minimum absolute atomic E-state index is 0.0433. The predicted molar refractivity (Wildman–Crippen MR) is 127 cm³/mol. The maximum atomic E-state index is 13.0. The number of nitrogens with one attached hydrogen (secondary N) is 1. The number of aliphatic hydroxyl groups is 1. The quantitative estimate of drug-likeness (QED) is 0.227. The summed E-state index contributed by atoms with van der Waals surface area (Å²) in [5.41, 5.74) is 2.95. The Kier molecular flexibility index (Phi) is 7.25. The average molecular weight is 483 g/mol. The van der Waals surface area contributed by atoms with Crippen molar-refractivity contribution in [1.29, 1.82) is 0 Å². The van der Waals surface area contributed by atoms with Gasteiger partial charge in [0, 0.05) is 5.92 Å². The van der Waals surface area contributed by atoms with Crippen molar-refractivity contribution >= 4 is 23.5 Å². The van der Waals surface area contributed by atoms with Crippen LogP contribution in [0.5, 0.6) is 5.75 Å². The van der Waals surface area contributed by atoms with Crippen molar-refractivity contribution in [1.82, 2.24) is 10.2 Å². The highest BCUT2D eigenvalue weighted by Gasteiger charge is 2.61. The number of benzene rings is 1. The Morgan fingerprint density at radius 1 is 1.26 bits per heavy atom. The van der Waals surface area contributed by atoms with Gasteiger partial charge in [-0.05, 0) is 48.6 Å². The number of aliphatic hydroxyl groups excluding tert-OH is 1. The lowest BCUT2D eigenvalue weighted by molar-refractivity contribution is -0.164. The number of carbonyl (C=O) groups is 3. The zero-order valence-electron chi connectivity index (χ0n) is 19.7. The highest BCUT2D eigenvalue weighted by Crippen LogP contribution is 2.55. The van der Waals surface area contributed by atoms with Crippen LogP contribution >= 0.6 is 0 Å². The van der Waals surface area contributed by atoms with E-state index in [-0.39, 0.29) is 49.9 Å². The standard InChI is InChI=1S/C26H30N2O7/c1-4-11-34-25(31)23-21-18-9-7-17(33-13-10-27-26(32)35-12-5-2)14-16(18)6-8-19(21)22-20(15(3)29)24(30)28(22)23/h4-5,7,9,14-15,19-20,22,29H,1-2,6,8,10-13H2,3H3,(H,27,32)/t15-,19+,20-,22-/m1/s1. The Morgan fingerprint density at radius 2 is 2.00 bits per heavy atom. The van der Waals surface area contributed by atoms with E-state index in [0.717, 1.165) is 29.5 Å². The Bertz CT molecular complexity index is 1080. The van der Waals surface area contributed by atoms with Crippen molar-refractivity contribution in [2.24, 2.45) is 11.8 Å². The number of hydrogen-bond donors (Lipinski definition) is 2. The lowest BCUT2D eigenvalue weighted by Crippen LogP contribution is -2.64. The van der Waals surface area contributed by atoms with Gasteiger partial charge in [-0.15, -0.1) is 0 Å². The third-order valence-electron chi connectivity index (χ3n) is 6.58. The number of alkyl carbamates (subject to hydrolysis) is 1. The number of amides is 2. The summed E-state index contributed by atoms with van der Waals surface area (Å²) in [6.07, 6.45) is 3.11. The van der Waals surface area contributed by atoms with E-state index in [2.05, 4.69) is 18.5 Å². The summed E-state index contributed by atoms with van der Waals surface area (Å²) in [6, 6.07) is 5.37. The van der Waals surface area contributed by atoms with Crippen molar-refractivity contribution in [2.45, 2.75) is 31.9 Å². The number of nitrogens with zero attached hydrogens (tertiary/aromatic N) is 1. The molecule has 9 nitrogen and oxygen atoms in total. The molecular weight excluding hydrogens is 452 g/mol. The van der Waals surface area contributed by atoms with E-state index in [9.17, 15) is 19.5 Å². The van der Waals surface area contributed by atoms with Crippen LogP contribution in [0.1, 0.15) is 24.5 Å². The number of aryl methyl sites for hydroxylation is 1. The molecule has 9 heteroatoms. The lowest BCUT2D eigenvalue weighted by Gasteiger charge is -2.47. The van der Waals surface area contributed by atoms with Crippen molar-refractivity contribution in [2.75, 3.05) is 26.4 Å². The molecule has 2 heterocycles. The number of β-lactam (4-membered cyclic amide) rings is 1. The lowest BCUT2D eigenvalue weighted by atomic mass is 9.71. The van der Waals surface area contributed by atoms with Gasteiger partial charge in [0.2, 0.25) is 5.91 Å². The summed E-state index contributed by atoms with van der Waals surface area (Å²) in [7, 11) is 0. The average Bonchev–Trinajstić information content (AvgIpc) is 3.14. The smallest absolute Gasteiger partial charge is 0.407 e. The van der Waals surface area contributed by atoms with E-state index >= 15 is 0 Å². The molecular formula is C26H30N2O7. The van der Waals surface area contributed by atoms with Gasteiger partial charge < -0.3 is 29.5 Å². The van der Waals surface area contributed by atoms with Crippen LogP contribution < -0.4 is 10.1 Å². The fourth-order valence-electron chi connectivity index (χ4n) is 5.19. The van der Waals surface area contributed by atoms with Gasteiger partial charge in [0.25, 0.3) is 0 Å². The van der Waals surface area contributed by atoms with E-state index in [0.29, 0.717) is 5.75 Å². The topological polar surface area (TPSA) is 114 Å². The Morgan fingerprint density at radius 3 is 2.71 bits per heavy atom. The molecule has 186 valence electrons. The molecule has 2 amide bonds. The summed E-state index contributed by atoms with van der Waals surface area (Å²) >= 11 is 0. The number of fused-ring (bicyclic) bond motifs is 5. The third kappa shape index (κ3) is 4.55. The van der Waals surface area contributed by atoms with Crippen LogP contribution in [0.2, 0.25) is 0 Å². The van der Waals surface area contributed by atoms with E-state index < -0.39 is 24.1 Å². The molecule has 1 fully saturated rings. The molecule has 0 unspecified atom stereocenters. The zero-order chi connectivity index (χ0) is 25.1. The normalized spacial score (nSPS) is 22.7. The molecule has 1 aromatic rings. The van der Waals surface area contributed by atoms with Gasteiger partial charge in [-0.25, -0.2) is 9.59 Å². The largest absolute Gasteiger partial charge is 0.492 e. The third-order valence-corrected chi connectivity index (χ3v) is 6.58. The van der Waals surface area contributed by atoms with Crippen LogP contribution in [-0.2, 0) is 25.5 Å². The first kappa shape index (κ1) is 24.5. The van der Waals surface area contributed by atoms with E-state index in [1.807, 2.05) is 12.1 Å². The maximum Gasteiger partial charge on any atom is 0.407 e. The van der Waals surface area contributed by atoms with Crippen molar-refractivity contribution in [3.63, 3.8) is 0 Å². The molecule has 1 aromatic carbocycles. The molecule has 35 heavy (non-hydrogen) atoms. The van der Waals surface area contributed by atoms with E-state index in [4.69, 9.17) is 14.2 Å². The first-order valence-corrected chi connectivity index (χ1v) is 11.7. The second-order valence-electron chi connectivity index (χ2n) is 8.74. The molecule has 3 aliphatic rings. The number of esters is 1. The highest BCUT2D eigenvalue weighted by atomic mass is 16.5. The number of ether oxygens (including phenoxy) is 3. The molecule has 0 aromatic heterocycles. The van der Waals surface area contributed by atoms with Gasteiger partial charge >= 0.3 is 12.1 Å². The minimum atomic E-state index is -0.798. The van der Waals surface area contributed by atoms with Gasteiger partial charge in [-0.1, -0.05) is 31.4 Å². The molecule has 1 saturated heterocycles. The zero-order valence-corrected chi connectivity index (χ0v) is 19.7. The van der Waals surface area contributed by atoms with Crippen molar-refractivity contribution < 1.29 is 33.7 Å². The summed E-state index contributed by atoms with van der Waals surface area (Å²) in [6.45, 7) is 9.40. The molecule has 1 aliphatic carbocycles. The molecule has 4 rings (SSSR count). The molecule has 0 bridgehead atoms. The highest BCUT2D eigenvalue weighted by molar-refractivity contribution is 6.08. The first-order valence-electron chi connectivity index (χ1n) is 11.7. The van der Waals surface area contributed by atoms with Gasteiger partial charge in [-0.3, -0.25) is 4.79 Å². The maximum absolute atomic E-state index is 13.0. The van der Waals surface area contributed by atoms with E-state index in [1.54, 1.807) is 13.0 Å². The van der Waals surface area contributed by atoms with Gasteiger partial charge in [0.15, 0.2) is 0 Å². The van der Waals surface area contributed by atoms with Crippen LogP contribution in [0.3, 0.4) is 0 Å². The molecule has 2 N–H and O–H groups in total. The van der Waals surface area contributed by atoms with Crippen molar-refractivity contribution in [3.8, 4) is 5.75 Å². The van der Waals surface area contributed by atoms with Crippen LogP contribution in [0.25, 0.3) is 5.57 Å². The van der Waals surface area contributed by atoms with Gasteiger partial charge in [0.1, 0.15) is 31.3 Å². The minimum Gasteiger partial charge on any atom is -0.492 e. The molecule has 2 aliphatic heterocycles.